The fraction of sp³-hybridized carbons (Fsp3) is 0.652. The smallest absolute Gasteiger partial charge is 0.242 e. The van der Waals surface area contributed by atoms with Gasteiger partial charge in [0, 0.05) is 33.2 Å². The van der Waals surface area contributed by atoms with Crippen molar-refractivity contribution in [2.24, 2.45) is 5.92 Å². The summed E-state index contributed by atoms with van der Waals surface area (Å²) in [6, 6.07) is 5.35. The Morgan fingerprint density at radius 3 is 2.72 bits per heavy atom. The first kappa shape index (κ1) is 24.7. The maximum absolute atomic E-state index is 12.7. The topological polar surface area (TPSA) is 87.5 Å². The Balaban J connectivity index is 1.78. The lowest BCUT2D eigenvalue weighted by Crippen LogP contribution is -2.45. The fourth-order valence-corrected chi connectivity index (χ4v) is 5.41. The number of hydrogen-bond donors (Lipinski definition) is 1. The molecule has 8 nitrogen and oxygen atoms in total. The fourth-order valence-electron chi connectivity index (χ4n) is 4.48. The van der Waals surface area contributed by atoms with E-state index in [-0.39, 0.29) is 22.8 Å². The minimum atomic E-state index is -3.51. The van der Waals surface area contributed by atoms with Crippen molar-refractivity contribution in [1.29, 1.82) is 0 Å². The summed E-state index contributed by atoms with van der Waals surface area (Å²) in [4.78, 5) is 20.0. The maximum atomic E-state index is 12.7. The summed E-state index contributed by atoms with van der Waals surface area (Å²) < 4.78 is 28.4. The van der Waals surface area contributed by atoms with Gasteiger partial charge in [-0.05, 0) is 57.9 Å². The van der Waals surface area contributed by atoms with Gasteiger partial charge >= 0.3 is 0 Å². The molecule has 0 radical (unpaired) electrons. The Kier molecular flexibility index (Phi) is 7.95. The third kappa shape index (κ3) is 5.32. The number of carbonyl (C=O) groups excluding carboxylic acids is 1. The van der Waals surface area contributed by atoms with Crippen molar-refractivity contribution in [3.8, 4) is 0 Å². The molecule has 2 atom stereocenters. The van der Waals surface area contributed by atoms with E-state index < -0.39 is 10.0 Å². The summed E-state index contributed by atoms with van der Waals surface area (Å²) >= 11 is 0. The number of likely N-dealkylation sites (tertiary alicyclic amines) is 1. The second kappa shape index (κ2) is 10.3. The van der Waals surface area contributed by atoms with Gasteiger partial charge in [0.25, 0.3) is 0 Å². The molecule has 0 aliphatic carbocycles. The molecule has 2 aromatic rings. The zero-order chi connectivity index (χ0) is 23.5. The van der Waals surface area contributed by atoms with E-state index in [4.69, 9.17) is 4.98 Å². The molecule has 32 heavy (non-hydrogen) atoms. The van der Waals surface area contributed by atoms with E-state index in [1.54, 1.807) is 12.1 Å². The van der Waals surface area contributed by atoms with Gasteiger partial charge in [-0.3, -0.25) is 9.69 Å². The number of sulfonamides is 1. The van der Waals surface area contributed by atoms with E-state index in [9.17, 15) is 13.2 Å². The number of rotatable bonds is 9. The number of hydrogen-bond acceptors (Lipinski definition) is 5. The lowest BCUT2D eigenvalue weighted by atomic mass is 9.96. The molecule has 3 rings (SSSR count). The standard InChI is InChI=1S/C23H37N5O3S/c1-6-9-17(3)24-23(29)18-10-8-13-27(15-18)16-22-25-20-14-19(32(30,31)26(4)5)11-12-21(20)28(22)7-2/h11-12,14,17-18H,6-10,13,15-16H2,1-5H3,(H,24,29). The highest BCUT2D eigenvalue weighted by atomic mass is 32.2. The average Bonchev–Trinajstić information content (AvgIpc) is 3.09. The molecule has 1 amide bonds. The molecule has 0 saturated carbocycles. The van der Waals surface area contributed by atoms with Gasteiger partial charge < -0.3 is 9.88 Å². The van der Waals surface area contributed by atoms with Crippen molar-refractivity contribution < 1.29 is 13.2 Å². The van der Waals surface area contributed by atoms with Crippen LogP contribution in [0.3, 0.4) is 0 Å². The SMILES string of the molecule is CCCC(C)NC(=O)C1CCCN(Cc2nc3cc(S(=O)(=O)N(C)C)ccc3n2CC)C1. The molecule has 1 aliphatic heterocycles. The number of benzene rings is 1. The van der Waals surface area contributed by atoms with Gasteiger partial charge in [-0.2, -0.15) is 0 Å². The van der Waals surface area contributed by atoms with Crippen LogP contribution in [0.4, 0.5) is 0 Å². The molecule has 0 bridgehead atoms. The monoisotopic (exact) mass is 463 g/mol. The molecule has 178 valence electrons. The van der Waals surface area contributed by atoms with Crippen LogP contribution in [0.1, 0.15) is 52.3 Å². The summed E-state index contributed by atoms with van der Waals surface area (Å²) in [7, 11) is -0.449. The number of amides is 1. The number of aromatic nitrogens is 2. The van der Waals surface area contributed by atoms with Gasteiger partial charge in [0.2, 0.25) is 15.9 Å². The molecule has 1 fully saturated rings. The first-order valence-electron chi connectivity index (χ1n) is 11.6. The van der Waals surface area contributed by atoms with Crippen molar-refractivity contribution >= 4 is 27.0 Å². The van der Waals surface area contributed by atoms with Crippen LogP contribution in [0.15, 0.2) is 23.1 Å². The number of carbonyl (C=O) groups is 1. The number of nitrogens with one attached hydrogen (secondary N) is 1. The van der Waals surface area contributed by atoms with Crippen molar-refractivity contribution in [3.05, 3.63) is 24.0 Å². The molecule has 2 heterocycles. The zero-order valence-electron chi connectivity index (χ0n) is 20.0. The third-order valence-corrected chi connectivity index (χ3v) is 8.06. The number of fused-ring (bicyclic) bond motifs is 1. The van der Waals surface area contributed by atoms with E-state index in [2.05, 4.69) is 35.6 Å². The van der Waals surface area contributed by atoms with Crippen LogP contribution in [-0.2, 0) is 27.9 Å². The Hall–Kier alpha value is -1.97. The van der Waals surface area contributed by atoms with Crippen LogP contribution < -0.4 is 5.32 Å². The van der Waals surface area contributed by atoms with Crippen LogP contribution in [0.2, 0.25) is 0 Å². The summed E-state index contributed by atoms with van der Waals surface area (Å²) in [6.45, 7) is 9.31. The molecule has 1 N–H and O–H groups in total. The molecule has 1 saturated heterocycles. The van der Waals surface area contributed by atoms with E-state index in [0.717, 1.165) is 56.7 Å². The largest absolute Gasteiger partial charge is 0.353 e. The van der Waals surface area contributed by atoms with Crippen molar-refractivity contribution in [3.63, 3.8) is 0 Å². The summed E-state index contributed by atoms with van der Waals surface area (Å²) in [5.41, 5.74) is 1.62. The van der Waals surface area contributed by atoms with Gasteiger partial charge in [-0.15, -0.1) is 0 Å². The number of piperidine rings is 1. The van der Waals surface area contributed by atoms with E-state index >= 15 is 0 Å². The summed E-state index contributed by atoms with van der Waals surface area (Å²) in [5, 5.41) is 3.16. The predicted octanol–water partition coefficient (Wildman–Crippen LogP) is 2.82. The van der Waals surface area contributed by atoms with Crippen molar-refractivity contribution in [1.82, 2.24) is 24.1 Å². The first-order chi connectivity index (χ1) is 15.2. The molecule has 9 heteroatoms. The summed E-state index contributed by atoms with van der Waals surface area (Å²) in [6.07, 6.45) is 3.95. The lowest BCUT2D eigenvalue weighted by Gasteiger charge is -2.32. The normalized spacial score (nSPS) is 18.9. The lowest BCUT2D eigenvalue weighted by molar-refractivity contribution is -0.127. The van der Waals surface area contributed by atoms with Crippen molar-refractivity contribution in [2.75, 3.05) is 27.2 Å². The van der Waals surface area contributed by atoms with Gasteiger partial charge in [-0.25, -0.2) is 17.7 Å². The van der Waals surface area contributed by atoms with Crippen LogP contribution in [0.5, 0.6) is 0 Å². The van der Waals surface area contributed by atoms with Gasteiger partial charge in [0.15, 0.2) is 0 Å². The number of nitrogens with zero attached hydrogens (tertiary/aromatic N) is 4. The second-order valence-corrected chi connectivity index (χ2v) is 11.1. The molecule has 1 aromatic carbocycles. The quantitative estimate of drug-likeness (QED) is 0.618. The Morgan fingerprint density at radius 1 is 1.31 bits per heavy atom. The molecule has 2 unspecified atom stereocenters. The zero-order valence-corrected chi connectivity index (χ0v) is 20.8. The third-order valence-electron chi connectivity index (χ3n) is 6.25. The summed E-state index contributed by atoms with van der Waals surface area (Å²) in [5.74, 6) is 1.06. The molecule has 1 aromatic heterocycles. The van der Waals surface area contributed by atoms with Crippen molar-refractivity contribution in [2.45, 2.75) is 70.5 Å². The van der Waals surface area contributed by atoms with Crippen LogP contribution in [0.25, 0.3) is 11.0 Å². The van der Waals surface area contributed by atoms with Crippen LogP contribution in [0, 0.1) is 5.92 Å². The second-order valence-electron chi connectivity index (χ2n) is 8.98. The highest BCUT2D eigenvalue weighted by Crippen LogP contribution is 2.24. The van der Waals surface area contributed by atoms with Gasteiger partial charge in [-0.1, -0.05) is 13.3 Å². The highest BCUT2D eigenvalue weighted by Gasteiger charge is 2.28. The maximum Gasteiger partial charge on any atom is 0.242 e. The van der Waals surface area contributed by atoms with Crippen LogP contribution >= 0.6 is 0 Å². The van der Waals surface area contributed by atoms with Crippen LogP contribution in [-0.4, -0.2) is 66.3 Å². The predicted molar refractivity (Wildman–Crippen MR) is 127 cm³/mol. The minimum absolute atomic E-state index is 0.000604. The minimum Gasteiger partial charge on any atom is -0.353 e. The Bertz CT molecular complexity index is 1050. The van der Waals surface area contributed by atoms with E-state index in [0.29, 0.717) is 12.1 Å². The van der Waals surface area contributed by atoms with Gasteiger partial charge in [0.05, 0.1) is 28.4 Å². The number of imidazole rings is 1. The first-order valence-corrected chi connectivity index (χ1v) is 13.1. The molecular weight excluding hydrogens is 426 g/mol. The molecule has 0 spiro atoms. The molecule has 1 aliphatic rings. The Labute approximate surface area is 192 Å². The highest BCUT2D eigenvalue weighted by molar-refractivity contribution is 7.89. The van der Waals surface area contributed by atoms with E-state index in [1.165, 1.54) is 18.4 Å². The van der Waals surface area contributed by atoms with Gasteiger partial charge in [0.1, 0.15) is 5.82 Å². The average molecular weight is 464 g/mol. The molecular formula is C23H37N5O3S. The van der Waals surface area contributed by atoms with E-state index in [1.807, 2.05) is 6.07 Å². The number of aryl methyl sites for hydroxylation is 1. The Morgan fingerprint density at radius 2 is 2.06 bits per heavy atom.